The zero-order chi connectivity index (χ0) is 33.4. The summed E-state index contributed by atoms with van der Waals surface area (Å²) in [7, 11) is 2.99. The average Bonchev–Trinajstić information content (AvgIpc) is 3.64. The van der Waals surface area contributed by atoms with Crippen molar-refractivity contribution in [3.05, 3.63) is 117 Å². The molecule has 0 aliphatic heterocycles. The van der Waals surface area contributed by atoms with E-state index >= 15 is 4.39 Å². The van der Waals surface area contributed by atoms with Gasteiger partial charge in [-0.25, -0.2) is 9.18 Å². The normalized spacial score (nSPS) is 19.3. The van der Waals surface area contributed by atoms with Gasteiger partial charge in [0.2, 0.25) is 11.7 Å². The molecule has 2 aliphatic rings. The van der Waals surface area contributed by atoms with Crippen LogP contribution in [0, 0.1) is 0 Å². The molecule has 1 N–H and O–H groups in total. The molecule has 242 valence electrons. The summed E-state index contributed by atoms with van der Waals surface area (Å²) in [4.78, 5) is 26.3. The van der Waals surface area contributed by atoms with E-state index in [4.69, 9.17) is 18.6 Å². The molecule has 0 spiro atoms. The van der Waals surface area contributed by atoms with Crippen LogP contribution in [0.5, 0.6) is 17.2 Å². The highest BCUT2D eigenvalue weighted by Crippen LogP contribution is 2.48. The number of furan rings is 1. The summed E-state index contributed by atoms with van der Waals surface area (Å²) >= 11 is 0. The molecule has 1 atom stereocenters. The van der Waals surface area contributed by atoms with Crippen LogP contribution >= 0.6 is 0 Å². The molecule has 4 rings (SSSR count). The number of alkyl halides is 1. The predicted molar refractivity (Wildman–Crippen MR) is 178 cm³/mol. The van der Waals surface area contributed by atoms with Gasteiger partial charge in [-0.1, -0.05) is 30.7 Å². The van der Waals surface area contributed by atoms with E-state index in [1.54, 1.807) is 54.8 Å². The number of rotatable bonds is 12. The Morgan fingerprint density at radius 1 is 1.15 bits per heavy atom. The first kappa shape index (κ1) is 34.0. The highest BCUT2D eigenvalue weighted by atomic mass is 19.1. The molecule has 0 fully saturated rings. The Morgan fingerprint density at radius 3 is 2.48 bits per heavy atom. The van der Waals surface area contributed by atoms with Crippen molar-refractivity contribution in [1.82, 2.24) is 5.32 Å². The smallest absolute Gasteiger partial charge is 0.343 e. The van der Waals surface area contributed by atoms with Gasteiger partial charge < -0.3 is 23.9 Å². The Kier molecular flexibility index (Phi) is 11.1. The molecule has 46 heavy (non-hydrogen) atoms. The molecule has 0 saturated heterocycles. The van der Waals surface area contributed by atoms with Crippen molar-refractivity contribution >= 4 is 18.0 Å². The Morgan fingerprint density at radius 2 is 1.87 bits per heavy atom. The Labute approximate surface area is 270 Å². The quantitative estimate of drug-likeness (QED) is 0.110. The van der Waals surface area contributed by atoms with Crippen LogP contribution < -0.4 is 19.5 Å². The number of fused-ring (bicyclic) bond motifs is 1. The number of methoxy groups -OCH3 is 2. The minimum absolute atomic E-state index is 0.0830. The first-order chi connectivity index (χ1) is 22.0. The van der Waals surface area contributed by atoms with Crippen LogP contribution in [0.25, 0.3) is 6.08 Å². The molecular formula is C38H42FNO6. The minimum Gasteiger partial charge on any atom is -0.493 e. The molecule has 1 heterocycles. The van der Waals surface area contributed by atoms with Gasteiger partial charge in [-0.3, -0.25) is 4.79 Å². The van der Waals surface area contributed by atoms with Gasteiger partial charge in [0.05, 0.1) is 39.0 Å². The van der Waals surface area contributed by atoms with Crippen LogP contribution in [-0.2, 0) is 16.1 Å². The van der Waals surface area contributed by atoms with Gasteiger partial charge in [-0.2, -0.15) is 0 Å². The number of allylic oxidation sites excluding steroid dienone is 10. The summed E-state index contributed by atoms with van der Waals surface area (Å²) in [6.07, 6.45) is 15.2. The molecule has 0 saturated carbocycles. The number of carbonyl (C=O) groups excluding carboxylic acids is 2. The largest absolute Gasteiger partial charge is 0.493 e. The molecule has 2 aromatic rings. The van der Waals surface area contributed by atoms with Crippen molar-refractivity contribution in [1.29, 1.82) is 0 Å². The predicted octanol–water partition coefficient (Wildman–Crippen LogP) is 8.47. The van der Waals surface area contributed by atoms with Crippen LogP contribution in [0.3, 0.4) is 0 Å². The third-order valence-electron chi connectivity index (χ3n) is 7.94. The molecule has 1 aromatic heterocycles. The van der Waals surface area contributed by atoms with Gasteiger partial charge in [0.15, 0.2) is 11.5 Å². The maximum absolute atomic E-state index is 15.2. The number of amides is 1. The molecule has 8 heteroatoms. The topological polar surface area (TPSA) is 87.0 Å². The van der Waals surface area contributed by atoms with Gasteiger partial charge >= 0.3 is 5.97 Å². The molecule has 7 nitrogen and oxygen atoms in total. The van der Waals surface area contributed by atoms with E-state index in [1.165, 1.54) is 21.1 Å². The maximum Gasteiger partial charge on any atom is 0.343 e. The standard InChI is InChI=1S/C38H42FNO6/c1-8-10-12-27(17-24(3)9-2)37(42)46-36-33(43-6)19-26(20-34(36)44-7)18-30-25(4)31(32-22-38(5,39)15-14-29(30)32)21-35(41)40-23-28-13-11-16-45-28/h8,10-14,16-20,22H,9,15,21,23H2,1-7H3,(H,40,41)/b10-8-,24-17+,27-12+,30-18-. The highest BCUT2D eigenvalue weighted by molar-refractivity contribution is 5.94. The molecule has 1 amide bonds. The lowest BCUT2D eigenvalue weighted by Crippen LogP contribution is -2.23. The number of ether oxygens (including phenoxy) is 3. The lowest BCUT2D eigenvalue weighted by molar-refractivity contribution is -0.130. The van der Waals surface area contributed by atoms with Crippen LogP contribution in [0.4, 0.5) is 4.39 Å². The monoisotopic (exact) mass is 627 g/mol. The second kappa shape index (κ2) is 15.0. The summed E-state index contributed by atoms with van der Waals surface area (Å²) < 4.78 is 37.7. The van der Waals surface area contributed by atoms with Crippen LogP contribution in [0.2, 0.25) is 0 Å². The Hall–Kier alpha value is -4.85. The summed E-state index contributed by atoms with van der Waals surface area (Å²) in [6.45, 7) is 9.58. The number of carbonyl (C=O) groups is 2. The lowest BCUT2D eigenvalue weighted by atomic mass is 9.86. The van der Waals surface area contributed by atoms with Crippen molar-refractivity contribution in [2.45, 2.75) is 66.1 Å². The zero-order valence-electron chi connectivity index (χ0n) is 27.6. The van der Waals surface area contributed by atoms with Crippen LogP contribution in [0.15, 0.2) is 110 Å². The van der Waals surface area contributed by atoms with E-state index in [1.807, 2.05) is 45.9 Å². The van der Waals surface area contributed by atoms with E-state index in [2.05, 4.69) is 5.32 Å². The molecule has 2 aliphatic carbocycles. The van der Waals surface area contributed by atoms with E-state index in [0.717, 1.165) is 34.3 Å². The van der Waals surface area contributed by atoms with Gasteiger partial charge in [0, 0.05) is 6.42 Å². The summed E-state index contributed by atoms with van der Waals surface area (Å²) in [5.41, 5.74) is 4.68. The Bertz CT molecular complexity index is 1670. The maximum atomic E-state index is 15.2. The summed E-state index contributed by atoms with van der Waals surface area (Å²) in [6, 6.07) is 7.07. The van der Waals surface area contributed by atoms with Gasteiger partial charge in [0.1, 0.15) is 11.4 Å². The van der Waals surface area contributed by atoms with Crippen molar-refractivity contribution in [2.75, 3.05) is 14.2 Å². The minimum atomic E-state index is -1.53. The van der Waals surface area contributed by atoms with Gasteiger partial charge in [-0.15, -0.1) is 0 Å². The molecule has 1 aromatic carbocycles. The van der Waals surface area contributed by atoms with Gasteiger partial charge in [-0.05, 0) is 116 Å². The Balaban J connectivity index is 1.70. The number of hydrogen-bond acceptors (Lipinski definition) is 6. The van der Waals surface area contributed by atoms with Crippen molar-refractivity contribution in [3.63, 3.8) is 0 Å². The van der Waals surface area contributed by atoms with Gasteiger partial charge in [0.25, 0.3) is 0 Å². The van der Waals surface area contributed by atoms with Crippen molar-refractivity contribution < 1.29 is 32.6 Å². The third-order valence-corrected chi connectivity index (χ3v) is 7.94. The van der Waals surface area contributed by atoms with Crippen molar-refractivity contribution in [2.24, 2.45) is 0 Å². The second-order valence-electron chi connectivity index (χ2n) is 11.5. The molecule has 1 unspecified atom stereocenters. The number of esters is 1. The third kappa shape index (κ3) is 8.05. The zero-order valence-corrected chi connectivity index (χ0v) is 27.6. The lowest BCUT2D eigenvalue weighted by Gasteiger charge is -2.22. The second-order valence-corrected chi connectivity index (χ2v) is 11.5. The van der Waals surface area contributed by atoms with E-state index in [9.17, 15) is 9.59 Å². The highest BCUT2D eigenvalue weighted by Gasteiger charge is 2.35. The fraction of sp³-hybridized carbons (Fsp3) is 0.316. The fourth-order valence-electron chi connectivity index (χ4n) is 5.30. The first-order valence-electron chi connectivity index (χ1n) is 15.3. The summed E-state index contributed by atoms with van der Waals surface area (Å²) in [5.74, 6) is 0.680. The SMILES string of the molecule is C\C=C/C=C(\C=C(/C)CC)C(=O)Oc1c(OC)cc(/C=C2\C3=CCC(C)(F)C=C3C(CC(=O)NCc3ccco3)=C2C)cc1OC. The molecule has 0 bridgehead atoms. The number of halogens is 1. The number of nitrogens with one attached hydrogen (secondary N) is 1. The fourth-order valence-corrected chi connectivity index (χ4v) is 5.30. The van der Waals surface area contributed by atoms with Crippen molar-refractivity contribution in [3.8, 4) is 17.2 Å². The van der Waals surface area contributed by atoms with Crippen LogP contribution in [-0.4, -0.2) is 31.8 Å². The van der Waals surface area contributed by atoms with E-state index < -0.39 is 11.6 Å². The number of benzene rings is 1. The van der Waals surface area contributed by atoms with E-state index in [0.29, 0.717) is 34.0 Å². The van der Waals surface area contributed by atoms with Crippen LogP contribution in [0.1, 0.15) is 65.2 Å². The van der Waals surface area contributed by atoms with E-state index in [-0.39, 0.29) is 31.0 Å². The first-order valence-corrected chi connectivity index (χ1v) is 15.3. The average molecular weight is 628 g/mol. The molecular weight excluding hydrogens is 585 g/mol. The number of hydrogen-bond donors (Lipinski definition) is 1. The summed E-state index contributed by atoms with van der Waals surface area (Å²) in [5, 5.41) is 2.89. The molecule has 0 radical (unpaired) electrons.